The Kier molecular flexibility index (Phi) is 13.2. The second-order valence-corrected chi connectivity index (χ2v) is 14.1. The highest BCUT2D eigenvalue weighted by atomic mass is 16.5. The van der Waals surface area contributed by atoms with E-state index in [0.717, 1.165) is 33.4 Å². The number of hydrogen-bond acceptors (Lipinski definition) is 8. The van der Waals surface area contributed by atoms with Crippen LogP contribution < -0.4 is 28.4 Å². The maximum Gasteiger partial charge on any atom is 0.123 e. The fourth-order valence-corrected chi connectivity index (χ4v) is 6.34. The van der Waals surface area contributed by atoms with Crippen LogP contribution in [0.3, 0.4) is 0 Å². The first-order valence-electron chi connectivity index (χ1n) is 19.8. The Balaban J connectivity index is 0.932. The first-order chi connectivity index (χ1) is 29.7. The fraction of sp³-hybridized carbons (Fsp3) is 0.115. The highest BCUT2D eigenvalue weighted by molar-refractivity contribution is 5.58. The van der Waals surface area contributed by atoms with Crippen LogP contribution in [0.5, 0.6) is 34.5 Å². The summed E-state index contributed by atoms with van der Waals surface area (Å²) in [5.74, 6) is 4.07. The van der Waals surface area contributed by atoms with Crippen molar-refractivity contribution in [2.75, 3.05) is 0 Å². The van der Waals surface area contributed by atoms with Crippen LogP contribution in [0.25, 0.3) is 11.4 Å². The summed E-state index contributed by atoms with van der Waals surface area (Å²) < 4.78 is 37.4. The molecule has 60 heavy (non-hydrogen) atoms. The third-order valence-electron chi connectivity index (χ3n) is 9.41. The standard InChI is InChI=1S/C52H44N2O6/c1-5-13-39(14-6-1)33-57-47-25-43(26-48(29-47)58-34-40-15-7-2-8-16-40)37-55-45-21-23-53-51(31-45)52-32-46(22-24-54-52)56-38-44-27-49(59-35-41-17-9-3-10-18-41)30-50(28-44)60-36-42-19-11-4-12-20-42/h1-32H,33-38H2. The van der Waals surface area contributed by atoms with Gasteiger partial charge in [-0.05, 0) is 69.8 Å². The molecule has 0 amide bonds. The van der Waals surface area contributed by atoms with E-state index < -0.39 is 0 Å². The highest BCUT2D eigenvalue weighted by Crippen LogP contribution is 2.29. The van der Waals surface area contributed by atoms with Gasteiger partial charge in [0.1, 0.15) is 74.1 Å². The Morgan fingerprint density at radius 2 is 0.517 bits per heavy atom. The van der Waals surface area contributed by atoms with Crippen molar-refractivity contribution in [3.8, 4) is 45.9 Å². The Labute approximate surface area is 350 Å². The van der Waals surface area contributed by atoms with E-state index in [1.165, 1.54) is 0 Å². The molecule has 8 nitrogen and oxygen atoms in total. The molecule has 0 radical (unpaired) electrons. The Morgan fingerprint density at radius 1 is 0.250 bits per heavy atom. The molecular formula is C52H44N2O6. The van der Waals surface area contributed by atoms with E-state index >= 15 is 0 Å². The van der Waals surface area contributed by atoms with Crippen LogP contribution in [0.4, 0.5) is 0 Å². The molecule has 298 valence electrons. The molecule has 6 aromatic carbocycles. The molecule has 0 unspecified atom stereocenters. The lowest BCUT2D eigenvalue weighted by molar-refractivity contribution is 0.281. The molecule has 8 aromatic rings. The van der Waals surface area contributed by atoms with Gasteiger partial charge in [-0.15, -0.1) is 0 Å². The van der Waals surface area contributed by atoms with Crippen molar-refractivity contribution >= 4 is 0 Å². The number of hydrogen-bond donors (Lipinski definition) is 0. The summed E-state index contributed by atoms with van der Waals surface area (Å²) >= 11 is 0. The van der Waals surface area contributed by atoms with Gasteiger partial charge < -0.3 is 28.4 Å². The molecule has 0 saturated carbocycles. The second kappa shape index (κ2) is 20.2. The molecule has 0 N–H and O–H groups in total. The van der Waals surface area contributed by atoms with Gasteiger partial charge in [0, 0.05) is 36.7 Å². The molecule has 0 bridgehead atoms. The number of ether oxygens (including phenoxy) is 6. The summed E-state index contributed by atoms with van der Waals surface area (Å²) in [6, 6.07) is 59.5. The summed E-state index contributed by atoms with van der Waals surface area (Å²) in [7, 11) is 0. The van der Waals surface area contributed by atoms with Crippen molar-refractivity contribution in [1.82, 2.24) is 9.97 Å². The molecule has 0 spiro atoms. The van der Waals surface area contributed by atoms with Gasteiger partial charge >= 0.3 is 0 Å². The van der Waals surface area contributed by atoms with E-state index in [4.69, 9.17) is 28.4 Å². The Hall–Kier alpha value is -7.58. The molecule has 8 rings (SSSR count). The monoisotopic (exact) mass is 792 g/mol. The Morgan fingerprint density at radius 3 is 0.817 bits per heavy atom. The van der Waals surface area contributed by atoms with Crippen LogP contribution in [0.2, 0.25) is 0 Å². The van der Waals surface area contributed by atoms with Crippen LogP contribution in [0.1, 0.15) is 33.4 Å². The van der Waals surface area contributed by atoms with E-state index in [2.05, 4.69) is 9.97 Å². The minimum absolute atomic E-state index is 0.287. The third-order valence-corrected chi connectivity index (χ3v) is 9.41. The minimum Gasteiger partial charge on any atom is -0.489 e. The lowest BCUT2D eigenvalue weighted by Gasteiger charge is -2.14. The summed E-state index contributed by atoms with van der Waals surface area (Å²) in [5, 5.41) is 0. The van der Waals surface area contributed by atoms with Crippen molar-refractivity contribution in [2.45, 2.75) is 39.6 Å². The predicted octanol–water partition coefficient (Wildman–Crippen LogP) is 11.6. The number of rotatable bonds is 19. The summed E-state index contributed by atoms with van der Waals surface area (Å²) in [5.41, 5.74) is 7.42. The molecule has 0 fully saturated rings. The maximum atomic E-state index is 6.31. The topological polar surface area (TPSA) is 81.2 Å². The summed E-state index contributed by atoms with van der Waals surface area (Å²) in [6.45, 7) is 2.32. The molecule has 2 aromatic heterocycles. The van der Waals surface area contributed by atoms with Gasteiger partial charge in [-0.3, -0.25) is 9.97 Å². The third kappa shape index (κ3) is 11.7. The van der Waals surface area contributed by atoms with Gasteiger partial charge in [0.05, 0.1) is 11.4 Å². The van der Waals surface area contributed by atoms with Gasteiger partial charge in [0.25, 0.3) is 0 Å². The number of aromatic nitrogens is 2. The average Bonchev–Trinajstić information content (AvgIpc) is 3.31. The quantitative estimate of drug-likeness (QED) is 0.0801. The smallest absolute Gasteiger partial charge is 0.123 e. The molecule has 0 aliphatic carbocycles. The first-order valence-corrected chi connectivity index (χ1v) is 19.8. The molecular weight excluding hydrogens is 749 g/mol. The Bertz CT molecular complexity index is 2250. The van der Waals surface area contributed by atoms with Crippen molar-refractivity contribution in [2.24, 2.45) is 0 Å². The van der Waals surface area contributed by atoms with Crippen LogP contribution in [-0.2, 0) is 39.6 Å². The number of nitrogens with zero attached hydrogens (tertiary/aromatic N) is 2. The van der Waals surface area contributed by atoms with Crippen LogP contribution >= 0.6 is 0 Å². The molecule has 0 aliphatic heterocycles. The predicted molar refractivity (Wildman–Crippen MR) is 232 cm³/mol. The van der Waals surface area contributed by atoms with Crippen molar-refractivity contribution in [1.29, 1.82) is 0 Å². The van der Waals surface area contributed by atoms with Crippen LogP contribution in [0.15, 0.2) is 194 Å². The van der Waals surface area contributed by atoms with Gasteiger partial charge in [-0.1, -0.05) is 121 Å². The van der Waals surface area contributed by atoms with Crippen LogP contribution in [0, 0.1) is 0 Å². The lowest BCUT2D eigenvalue weighted by atomic mass is 10.2. The van der Waals surface area contributed by atoms with Gasteiger partial charge in [0.15, 0.2) is 0 Å². The van der Waals surface area contributed by atoms with Gasteiger partial charge in [-0.25, -0.2) is 0 Å². The SMILES string of the molecule is c1ccc(COc2cc(COc3ccnc(-c4cc(OCc5cc(OCc6ccccc6)cc(OCc6ccccc6)c5)ccn4)c3)cc(OCc3ccccc3)c2)cc1. The molecule has 8 heteroatoms. The first kappa shape index (κ1) is 39.3. The zero-order valence-electron chi connectivity index (χ0n) is 33.1. The molecule has 0 saturated heterocycles. The van der Waals surface area contributed by atoms with Crippen molar-refractivity contribution < 1.29 is 28.4 Å². The summed E-state index contributed by atoms with van der Waals surface area (Å²) in [6.07, 6.45) is 3.43. The van der Waals surface area contributed by atoms with E-state index in [1.54, 1.807) is 12.4 Å². The number of pyridine rings is 2. The fourth-order valence-electron chi connectivity index (χ4n) is 6.34. The minimum atomic E-state index is 0.287. The number of benzene rings is 6. The molecule has 2 heterocycles. The maximum absolute atomic E-state index is 6.31. The van der Waals surface area contributed by atoms with E-state index in [-0.39, 0.29) is 13.2 Å². The largest absolute Gasteiger partial charge is 0.489 e. The molecule has 0 atom stereocenters. The van der Waals surface area contributed by atoms with Crippen LogP contribution in [-0.4, -0.2) is 9.97 Å². The second-order valence-electron chi connectivity index (χ2n) is 14.1. The normalized spacial score (nSPS) is 10.7. The lowest BCUT2D eigenvalue weighted by Crippen LogP contribution is -2.02. The van der Waals surface area contributed by atoms with Gasteiger partial charge in [0.2, 0.25) is 0 Å². The van der Waals surface area contributed by atoms with Gasteiger partial charge in [-0.2, -0.15) is 0 Å². The van der Waals surface area contributed by atoms with E-state index in [0.29, 0.717) is 72.3 Å². The van der Waals surface area contributed by atoms with E-state index in [9.17, 15) is 0 Å². The average molecular weight is 793 g/mol. The van der Waals surface area contributed by atoms with Crippen molar-refractivity contribution in [3.05, 3.63) is 228 Å². The highest BCUT2D eigenvalue weighted by Gasteiger charge is 2.11. The molecule has 0 aliphatic rings. The van der Waals surface area contributed by atoms with Crippen molar-refractivity contribution in [3.63, 3.8) is 0 Å². The van der Waals surface area contributed by atoms with E-state index in [1.807, 2.05) is 182 Å². The zero-order chi connectivity index (χ0) is 40.6. The zero-order valence-corrected chi connectivity index (χ0v) is 33.1. The summed E-state index contributed by atoms with van der Waals surface area (Å²) in [4.78, 5) is 9.20.